The highest BCUT2D eigenvalue weighted by molar-refractivity contribution is 6.08. The fraction of sp³-hybridized carbons (Fsp3) is 0.214. The van der Waals surface area contributed by atoms with Gasteiger partial charge < -0.3 is 0 Å². The number of benzene rings is 3. The second-order valence-corrected chi connectivity index (χ2v) is 8.89. The van der Waals surface area contributed by atoms with Crippen molar-refractivity contribution in [3.05, 3.63) is 104 Å². The molecule has 0 atom stereocenters. The Hall–Kier alpha value is -2.86. The topological polar surface area (TPSA) is 0 Å². The van der Waals surface area contributed by atoms with Crippen molar-refractivity contribution in [2.24, 2.45) is 0 Å². The number of hydrogen-bond acceptors (Lipinski definition) is 0. The van der Waals surface area contributed by atoms with E-state index in [2.05, 4.69) is 62.4 Å². The lowest BCUT2D eigenvalue weighted by Crippen LogP contribution is -2.05. The van der Waals surface area contributed by atoms with Gasteiger partial charge in [0.1, 0.15) is 0 Å². The number of rotatable bonds is 0. The third kappa shape index (κ3) is 1.64. The normalized spacial score (nSPS) is 17.5. The molecule has 3 aromatic rings. The summed E-state index contributed by atoms with van der Waals surface area (Å²) in [5.74, 6) is 0. The molecule has 0 amide bonds. The van der Waals surface area contributed by atoms with Crippen LogP contribution in [-0.4, -0.2) is 0 Å². The smallest absolute Gasteiger partial charge is 0.000766 e. The predicted octanol–water partition coefficient (Wildman–Crippen LogP) is 6.35. The highest BCUT2D eigenvalue weighted by Gasteiger charge is 2.38. The quantitative estimate of drug-likeness (QED) is 0.439. The fourth-order valence-electron chi connectivity index (χ4n) is 6.48. The zero-order valence-corrected chi connectivity index (χ0v) is 16.4. The van der Waals surface area contributed by atoms with E-state index in [4.69, 9.17) is 0 Å². The molecular formula is C28H22. The lowest BCUT2D eigenvalue weighted by Gasteiger charge is -2.20. The zero-order valence-electron chi connectivity index (χ0n) is 16.4. The summed E-state index contributed by atoms with van der Waals surface area (Å²) >= 11 is 0. The van der Waals surface area contributed by atoms with Crippen molar-refractivity contribution in [3.63, 3.8) is 0 Å². The first-order valence-electron chi connectivity index (χ1n) is 10.5. The molecule has 7 rings (SSSR count). The summed E-state index contributed by atoms with van der Waals surface area (Å²) in [4.78, 5) is 0. The molecule has 0 nitrogen and oxygen atoms in total. The van der Waals surface area contributed by atoms with E-state index in [0.717, 1.165) is 25.7 Å². The van der Waals surface area contributed by atoms with E-state index in [1.165, 1.54) is 22.3 Å². The average molecular weight is 358 g/mol. The van der Waals surface area contributed by atoms with Crippen molar-refractivity contribution in [2.75, 3.05) is 0 Å². The van der Waals surface area contributed by atoms with Gasteiger partial charge in [0.2, 0.25) is 0 Å². The van der Waals surface area contributed by atoms with Gasteiger partial charge in [-0.2, -0.15) is 0 Å². The van der Waals surface area contributed by atoms with Gasteiger partial charge in [-0.15, -0.1) is 0 Å². The largest absolute Gasteiger partial charge is 0.0619 e. The number of fused-ring (bicyclic) bond motifs is 8. The Morgan fingerprint density at radius 1 is 0.500 bits per heavy atom. The van der Waals surface area contributed by atoms with Crippen LogP contribution < -0.4 is 0 Å². The monoisotopic (exact) mass is 358 g/mol. The molecule has 134 valence electrons. The maximum atomic E-state index is 2.39. The summed E-state index contributed by atoms with van der Waals surface area (Å²) in [6.45, 7) is 4.79. The molecule has 0 aliphatic heterocycles. The van der Waals surface area contributed by atoms with Crippen LogP contribution in [0.15, 0.2) is 48.5 Å². The fourth-order valence-corrected chi connectivity index (χ4v) is 6.48. The van der Waals surface area contributed by atoms with Crippen LogP contribution in [-0.2, 0) is 25.7 Å². The van der Waals surface area contributed by atoms with Gasteiger partial charge >= 0.3 is 0 Å². The van der Waals surface area contributed by atoms with Crippen molar-refractivity contribution in [2.45, 2.75) is 39.5 Å². The molecule has 0 fully saturated rings. The summed E-state index contributed by atoms with van der Waals surface area (Å²) < 4.78 is 0. The average Bonchev–Trinajstić information content (AvgIpc) is 3.43. The summed E-state index contributed by atoms with van der Waals surface area (Å²) in [6.07, 6.45) is 4.48. The maximum Gasteiger partial charge on any atom is -0.000766 e. The molecule has 0 saturated carbocycles. The Morgan fingerprint density at radius 2 is 0.929 bits per heavy atom. The van der Waals surface area contributed by atoms with Crippen molar-refractivity contribution in [1.82, 2.24) is 0 Å². The molecule has 4 aliphatic rings. The van der Waals surface area contributed by atoms with Gasteiger partial charge in [-0.25, -0.2) is 0 Å². The summed E-state index contributed by atoms with van der Waals surface area (Å²) in [5.41, 5.74) is 22.0. The van der Waals surface area contributed by atoms with Gasteiger partial charge in [-0.3, -0.25) is 0 Å². The minimum atomic E-state index is 1.12. The number of hydrogen-bond donors (Lipinski definition) is 0. The van der Waals surface area contributed by atoms with Crippen molar-refractivity contribution in [3.8, 4) is 0 Å². The molecule has 0 heteroatoms. The first-order valence-corrected chi connectivity index (χ1v) is 10.5. The molecule has 28 heavy (non-hydrogen) atoms. The van der Waals surface area contributed by atoms with Crippen molar-refractivity contribution in [1.29, 1.82) is 0 Å². The molecule has 0 aromatic heterocycles. The van der Waals surface area contributed by atoms with E-state index in [1.807, 2.05) is 0 Å². The van der Waals surface area contributed by atoms with E-state index in [1.54, 1.807) is 55.7 Å². The van der Waals surface area contributed by atoms with E-state index < -0.39 is 0 Å². The SMILES string of the molecule is Cc1c2c(c(C)c3c1C1=C(C3)c3ccccc3C1)C1=C(C2)c2ccccc2C1. The number of allylic oxidation sites excluding steroid dienone is 4. The second-order valence-electron chi connectivity index (χ2n) is 8.89. The van der Waals surface area contributed by atoms with E-state index in [-0.39, 0.29) is 0 Å². The molecule has 0 heterocycles. The van der Waals surface area contributed by atoms with Gasteiger partial charge in [0.15, 0.2) is 0 Å². The minimum Gasteiger partial charge on any atom is -0.0619 e. The van der Waals surface area contributed by atoms with Gasteiger partial charge in [0.25, 0.3) is 0 Å². The highest BCUT2D eigenvalue weighted by atomic mass is 14.4. The first-order chi connectivity index (χ1) is 13.7. The van der Waals surface area contributed by atoms with Crippen LogP contribution >= 0.6 is 0 Å². The molecule has 3 aromatic carbocycles. The van der Waals surface area contributed by atoms with E-state index >= 15 is 0 Å². The van der Waals surface area contributed by atoms with Gasteiger partial charge in [-0.1, -0.05) is 48.5 Å². The zero-order chi connectivity index (χ0) is 18.6. The third-order valence-electron chi connectivity index (χ3n) is 7.72. The van der Waals surface area contributed by atoms with E-state index in [9.17, 15) is 0 Å². The van der Waals surface area contributed by atoms with Gasteiger partial charge in [0.05, 0.1) is 0 Å². The van der Waals surface area contributed by atoms with Crippen molar-refractivity contribution < 1.29 is 0 Å². The Kier molecular flexibility index (Phi) is 2.67. The van der Waals surface area contributed by atoms with Crippen LogP contribution in [0.3, 0.4) is 0 Å². The molecule has 0 radical (unpaired) electrons. The molecule has 0 bridgehead atoms. The second kappa shape index (κ2) is 4.94. The molecule has 4 aliphatic carbocycles. The highest BCUT2D eigenvalue weighted by Crippen LogP contribution is 2.54. The Labute approximate surface area is 166 Å². The van der Waals surface area contributed by atoms with Gasteiger partial charge in [-0.05, 0) is 117 Å². The lowest BCUT2D eigenvalue weighted by atomic mass is 9.84. The lowest BCUT2D eigenvalue weighted by molar-refractivity contribution is 1.13. The van der Waals surface area contributed by atoms with Crippen LogP contribution in [0.1, 0.15) is 55.6 Å². The molecule has 0 saturated heterocycles. The van der Waals surface area contributed by atoms with Crippen LogP contribution in [0.25, 0.3) is 22.3 Å². The van der Waals surface area contributed by atoms with Crippen LogP contribution in [0, 0.1) is 13.8 Å². The van der Waals surface area contributed by atoms with E-state index in [0.29, 0.717) is 0 Å². The summed E-state index contributed by atoms with van der Waals surface area (Å²) in [5, 5.41) is 0. The molecule has 0 N–H and O–H groups in total. The standard InChI is InChI=1S/C28H22/c1-15-21-13-23-19-9-5-4-8-18(19)12-26(23)28(21)16(2)22-14-24-20-10-6-3-7-17(20)11-25(24)27(15)22/h3-10H,11-14H2,1-2H3. The van der Waals surface area contributed by atoms with Gasteiger partial charge in [0, 0.05) is 0 Å². The summed E-state index contributed by atoms with van der Waals surface area (Å²) in [7, 11) is 0. The third-order valence-corrected chi connectivity index (χ3v) is 7.72. The van der Waals surface area contributed by atoms with Crippen LogP contribution in [0.4, 0.5) is 0 Å². The predicted molar refractivity (Wildman–Crippen MR) is 117 cm³/mol. The maximum absolute atomic E-state index is 2.39. The molecule has 0 unspecified atom stereocenters. The summed E-state index contributed by atoms with van der Waals surface area (Å²) in [6, 6.07) is 18.1. The molecular weight excluding hydrogens is 336 g/mol. The van der Waals surface area contributed by atoms with Crippen LogP contribution in [0.5, 0.6) is 0 Å². The molecule has 0 spiro atoms. The van der Waals surface area contributed by atoms with Crippen molar-refractivity contribution >= 4 is 22.3 Å². The van der Waals surface area contributed by atoms with Crippen LogP contribution in [0.2, 0.25) is 0 Å². The minimum absolute atomic E-state index is 1.12. The first kappa shape index (κ1) is 15.1. The Bertz CT molecular complexity index is 1210. The Balaban J connectivity index is 1.42. The Morgan fingerprint density at radius 3 is 1.39 bits per heavy atom.